The predicted octanol–water partition coefficient (Wildman–Crippen LogP) is 3.64. The van der Waals surface area contributed by atoms with E-state index < -0.39 is 0 Å². The normalized spacial score (nSPS) is 13.4. The first-order chi connectivity index (χ1) is 14.3. The van der Waals surface area contributed by atoms with Crippen LogP contribution in [0.2, 0.25) is 0 Å². The summed E-state index contributed by atoms with van der Waals surface area (Å²) >= 11 is 0. The number of nitrogens with zero attached hydrogens (tertiary/aromatic N) is 5. The maximum absolute atomic E-state index is 13.0. The largest absolute Gasteiger partial charge is 0.321 e. The fourth-order valence-corrected chi connectivity index (χ4v) is 3.30. The van der Waals surface area contributed by atoms with Gasteiger partial charge in [-0.05, 0) is 48.7 Å². The molecule has 0 bridgehead atoms. The highest BCUT2D eigenvalue weighted by molar-refractivity contribution is 6.03. The van der Waals surface area contributed by atoms with Crippen molar-refractivity contribution in [3.63, 3.8) is 0 Å². The monoisotopic (exact) mass is 384 g/mol. The van der Waals surface area contributed by atoms with Crippen LogP contribution in [0.5, 0.6) is 0 Å². The second kappa shape index (κ2) is 7.35. The fourth-order valence-electron chi connectivity index (χ4n) is 3.30. The molecule has 4 aromatic rings. The van der Waals surface area contributed by atoms with Gasteiger partial charge in [-0.25, -0.2) is 14.3 Å². The van der Waals surface area contributed by atoms with Crippen molar-refractivity contribution in [2.24, 2.45) is 0 Å². The Morgan fingerprint density at radius 1 is 1.07 bits per heavy atom. The molecule has 0 saturated heterocycles. The molecule has 7 heteroatoms. The van der Waals surface area contributed by atoms with Gasteiger partial charge in [0.2, 0.25) is 0 Å². The van der Waals surface area contributed by atoms with Crippen LogP contribution in [0.3, 0.4) is 0 Å². The molecule has 1 amide bonds. The average Bonchev–Trinajstić information content (AvgIpc) is 3.29. The molecule has 0 atom stereocenters. The zero-order valence-corrected chi connectivity index (χ0v) is 15.8. The molecule has 7 nitrogen and oxygen atoms in total. The number of hydrogen-bond acceptors (Lipinski definition) is 4. The second-order valence-electron chi connectivity index (χ2n) is 7.22. The van der Waals surface area contributed by atoms with Crippen LogP contribution in [0.15, 0.2) is 73.3 Å². The third-order valence-electron chi connectivity index (χ3n) is 4.98. The summed E-state index contributed by atoms with van der Waals surface area (Å²) in [5.41, 5.74) is 4.24. The van der Waals surface area contributed by atoms with Crippen LogP contribution < -0.4 is 5.32 Å². The summed E-state index contributed by atoms with van der Waals surface area (Å²) in [4.78, 5) is 17.0. The number of para-hydroxylation sites is 1. The Hall–Kier alpha value is -3.74. The Balaban J connectivity index is 1.36. The highest BCUT2D eigenvalue weighted by atomic mass is 16.2. The number of anilines is 1. The van der Waals surface area contributed by atoms with Crippen LogP contribution in [-0.4, -0.2) is 30.5 Å². The van der Waals surface area contributed by atoms with Gasteiger partial charge in [0.05, 0.1) is 17.9 Å². The van der Waals surface area contributed by atoms with Gasteiger partial charge in [0, 0.05) is 11.6 Å². The molecular formula is C22H20N6O. The Morgan fingerprint density at radius 3 is 2.55 bits per heavy atom. The molecule has 29 heavy (non-hydrogen) atoms. The molecule has 1 N–H and O–H groups in total. The Kier molecular flexibility index (Phi) is 4.40. The van der Waals surface area contributed by atoms with E-state index in [-0.39, 0.29) is 5.91 Å². The minimum absolute atomic E-state index is 0.169. The summed E-state index contributed by atoms with van der Waals surface area (Å²) in [6.07, 6.45) is 5.47. The van der Waals surface area contributed by atoms with Crippen molar-refractivity contribution >= 4 is 11.6 Å². The zero-order chi connectivity index (χ0) is 19.6. The summed E-state index contributed by atoms with van der Waals surface area (Å²) < 4.78 is 3.49. The first kappa shape index (κ1) is 17.4. The molecule has 1 fully saturated rings. The minimum atomic E-state index is -0.169. The molecule has 0 unspecified atom stereocenters. The second-order valence-corrected chi connectivity index (χ2v) is 7.22. The number of nitrogens with one attached hydrogen (secondary N) is 1. The van der Waals surface area contributed by atoms with Gasteiger partial charge in [0.25, 0.3) is 5.91 Å². The van der Waals surface area contributed by atoms with Crippen molar-refractivity contribution < 1.29 is 4.79 Å². The smallest absolute Gasteiger partial charge is 0.274 e. The van der Waals surface area contributed by atoms with Gasteiger partial charge in [-0.15, -0.1) is 0 Å². The summed E-state index contributed by atoms with van der Waals surface area (Å²) in [5.74, 6) is 0.305. The Morgan fingerprint density at radius 2 is 1.86 bits per heavy atom. The van der Waals surface area contributed by atoms with Gasteiger partial charge in [0.15, 0.2) is 0 Å². The van der Waals surface area contributed by atoms with E-state index in [1.807, 2.05) is 60.7 Å². The van der Waals surface area contributed by atoms with E-state index in [4.69, 9.17) is 5.10 Å². The van der Waals surface area contributed by atoms with E-state index in [1.165, 1.54) is 6.33 Å². The lowest BCUT2D eigenvalue weighted by atomic mass is 10.2. The standard InChI is InChI=1S/C22H20N6O/c29-22(25-18-10-6-16(7-11-18)13-27-15-23-14-24-27)21-12-20(17-8-9-17)26-28(21)19-4-2-1-3-5-19/h1-7,10-12,14-15,17H,8-9,13H2,(H,25,29). The number of carbonyl (C=O) groups is 1. The van der Waals surface area contributed by atoms with Gasteiger partial charge >= 0.3 is 0 Å². The van der Waals surface area contributed by atoms with Crippen LogP contribution in [0.4, 0.5) is 5.69 Å². The number of aromatic nitrogens is 5. The lowest BCUT2D eigenvalue weighted by Gasteiger charge is -2.09. The van der Waals surface area contributed by atoms with E-state index in [1.54, 1.807) is 15.7 Å². The van der Waals surface area contributed by atoms with Gasteiger partial charge < -0.3 is 5.32 Å². The third-order valence-corrected chi connectivity index (χ3v) is 4.98. The molecule has 0 aliphatic heterocycles. The van der Waals surface area contributed by atoms with Crippen LogP contribution in [-0.2, 0) is 6.54 Å². The molecule has 0 radical (unpaired) electrons. The molecule has 1 saturated carbocycles. The van der Waals surface area contributed by atoms with Crippen molar-refractivity contribution in [1.82, 2.24) is 24.5 Å². The molecule has 0 spiro atoms. The van der Waals surface area contributed by atoms with Crippen LogP contribution >= 0.6 is 0 Å². The lowest BCUT2D eigenvalue weighted by Crippen LogP contribution is -2.17. The summed E-state index contributed by atoms with van der Waals surface area (Å²) in [6, 6.07) is 19.4. The lowest BCUT2D eigenvalue weighted by molar-refractivity contribution is 0.101. The minimum Gasteiger partial charge on any atom is -0.321 e. The van der Waals surface area contributed by atoms with Crippen molar-refractivity contribution in [1.29, 1.82) is 0 Å². The predicted molar refractivity (Wildman–Crippen MR) is 109 cm³/mol. The van der Waals surface area contributed by atoms with Gasteiger partial charge in [-0.2, -0.15) is 10.2 Å². The first-order valence-electron chi connectivity index (χ1n) is 9.64. The average molecular weight is 384 g/mol. The first-order valence-corrected chi connectivity index (χ1v) is 9.64. The van der Waals surface area contributed by atoms with E-state index in [9.17, 15) is 4.79 Å². The topological polar surface area (TPSA) is 77.6 Å². The van der Waals surface area contributed by atoms with Crippen molar-refractivity contribution in [2.45, 2.75) is 25.3 Å². The molecule has 2 aromatic carbocycles. The van der Waals surface area contributed by atoms with Gasteiger partial charge in [-0.3, -0.25) is 4.79 Å². The van der Waals surface area contributed by atoms with Crippen LogP contribution in [0.1, 0.15) is 40.5 Å². The van der Waals surface area contributed by atoms with Crippen molar-refractivity contribution in [3.8, 4) is 5.69 Å². The van der Waals surface area contributed by atoms with E-state index >= 15 is 0 Å². The summed E-state index contributed by atoms with van der Waals surface area (Å²) in [5, 5.41) is 11.8. The zero-order valence-electron chi connectivity index (χ0n) is 15.8. The van der Waals surface area contributed by atoms with Gasteiger partial charge in [0.1, 0.15) is 18.3 Å². The maximum atomic E-state index is 13.0. The van der Waals surface area contributed by atoms with Crippen molar-refractivity contribution in [3.05, 3.63) is 90.3 Å². The summed E-state index contributed by atoms with van der Waals surface area (Å²) in [6.45, 7) is 0.639. The van der Waals surface area contributed by atoms with E-state index in [0.29, 0.717) is 18.2 Å². The van der Waals surface area contributed by atoms with Gasteiger partial charge in [-0.1, -0.05) is 30.3 Å². The van der Waals surface area contributed by atoms with Crippen LogP contribution in [0, 0.1) is 0 Å². The van der Waals surface area contributed by atoms with Crippen molar-refractivity contribution in [2.75, 3.05) is 5.32 Å². The number of rotatable bonds is 6. The molecule has 1 aliphatic rings. The Labute approximate surface area is 168 Å². The molecular weight excluding hydrogens is 364 g/mol. The molecule has 5 rings (SSSR count). The number of benzene rings is 2. The fraction of sp³-hybridized carbons (Fsp3) is 0.182. The molecule has 2 heterocycles. The number of amides is 1. The Bertz CT molecular complexity index is 1110. The highest BCUT2D eigenvalue weighted by Crippen LogP contribution is 2.39. The summed E-state index contributed by atoms with van der Waals surface area (Å²) in [7, 11) is 0. The third kappa shape index (κ3) is 3.80. The SMILES string of the molecule is O=C(Nc1ccc(Cn2cncn2)cc1)c1cc(C2CC2)nn1-c1ccccc1. The quantitative estimate of drug-likeness (QED) is 0.551. The van der Waals surface area contributed by atoms with E-state index in [0.717, 1.165) is 35.5 Å². The number of hydrogen-bond donors (Lipinski definition) is 1. The van der Waals surface area contributed by atoms with E-state index in [2.05, 4.69) is 15.4 Å². The maximum Gasteiger partial charge on any atom is 0.274 e. The van der Waals surface area contributed by atoms with Crippen LogP contribution in [0.25, 0.3) is 5.69 Å². The molecule has 2 aromatic heterocycles. The highest BCUT2D eigenvalue weighted by Gasteiger charge is 2.29. The number of carbonyl (C=O) groups excluding carboxylic acids is 1. The molecule has 144 valence electrons. The molecule has 1 aliphatic carbocycles.